The van der Waals surface area contributed by atoms with Gasteiger partial charge in [-0.15, -0.1) is 0 Å². The van der Waals surface area contributed by atoms with Gasteiger partial charge < -0.3 is 0 Å². The molecular weight excluding hydrogens is 298 g/mol. The van der Waals surface area contributed by atoms with Crippen LogP contribution in [0, 0.1) is 0 Å². The van der Waals surface area contributed by atoms with E-state index < -0.39 is 0 Å². The summed E-state index contributed by atoms with van der Waals surface area (Å²) in [5.74, 6) is 0. The topological polar surface area (TPSA) is 0 Å². The summed E-state index contributed by atoms with van der Waals surface area (Å²) in [5.41, 5.74) is 0. The molecule has 12 heavy (non-hydrogen) atoms. The summed E-state index contributed by atoms with van der Waals surface area (Å²) in [6, 6.07) is 0. The normalized spacial score (nSPS) is 13.8. The maximum absolute atomic E-state index is 5.76. The Morgan fingerprint density at radius 1 is 1.08 bits per heavy atom. The van der Waals surface area contributed by atoms with Crippen LogP contribution in [0.3, 0.4) is 0 Å². The summed E-state index contributed by atoms with van der Waals surface area (Å²) >= 11 is 13.0. The van der Waals surface area contributed by atoms with Crippen LogP contribution in [0.4, 0.5) is 0 Å². The van der Waals surface area contributed by atoms with Crippen molar-refractivity contribution in [2.75, 3.05) is 0 Å². The van der Waals surface area contributed by atoms with Crippen molar-refractivity contribution >= 4 is 45.7 Å². The minimum atomic E-state index is -0.144. The van der Waals surface area contributed by atoms with Gasteiger partial charge in [0.2, 0.25) is 0 Å². The van der Waals surface area contributed by atoms with Crippen LogP contribution in [0.25, 0.3) is 0 Å². The van der Waals surface area contributed by atoms with Crippen LogP contribution in [-0.4, -0.2) is 27.4 Å². The molecule has 0 bridgehead atoms. The molecule has 0 aliphatic carbocycles. The Bertz CT molecular complexity index is 96.5. The molecule has 0 N–H and O–H groups in total. The molecule has 3 heteroatoms. The van der Waals surface area contributed by atoms with Crippen LogP contribution in [0.2, 0.25) is 3.93 Å². The molecule has 0 aliphatic heterocycles. The van der Waals surface area contributed by atoms with Gasteiger partial charge in [-0.3, -0.25) is 0 Å². The fourth-order valence-electron chi connectivity index (χ4n) is 1.09. The molecule has 0 aromatic rings. The van der Waals surface area contributed by atoms with Gasteiger partial charge in [-0.2, -0.15) is 0 Å². The van der Waals surface area contributed by atoms with E-state index in [1.54, 1.807) is 0 Å². The van der Waals surface area contributed by atoms with Crippen LogP contribution in [0.1, 0.15) is 45.4 Å². The summed E-state index contributed by atoms with van der Waals surface area (Å²) in [7, 11) is 0. The molecule has 0 rings (SSSR count). The number of unbranched alkanes of at least 4 members (excludes halogenated alkanes) is 4. The third-order valence-corrected chi connectivity index (χ3v) is 5.51. The van der Waals surface area contributed by atoms with E-state index in [1.165, 1.54) is 61.0 Å². The molecule has 0 saturated heterocycles. The van der Waals surface area contributed by atoms with Crippen molar-refractivity contribution in [1.29, 1.82) is 0 Å². The predicted octanol–water partition coefficient (Wildman–Crippen LogP) is 4.11. The summed E-state index contributed by atoms with van der Waals surface area (Å²) < 4.78 is 0.544. The van der Waals surface area contributed by atoms with Crippen LogP contribution in [0.15, 0.2) is 0 Å². The minimum absolute atomic E-state index is 0.144. The predicted molar refractivity (Wildman–Crippen MR) is 58.4 cm³/mol. The van der Waals surface area contributed by atoms with E-state index in [0.29, 0.717) is 3.93 Å². The summed E-state index contributed by atoms with van der Waals surface area (Å²) in [6.07, 6.45) is 7.90. The second-order valence-corrected chi connectivity index (χ2v) is 6.42. The SMILES string of the molecule is CCCCCCC[CH]([Sn])C(Cl)Cl. The van der Waals surface area contributed by atoms with Gasteiger partial charge >= 0.3 is 99.9 Å². The number of halogens is 2. The van der Waals surface area contributed by atoms with Gasteiger partial charge in [0.1, 0.15) is 0 Å². The van der Waals surface area contributed by atoms with Crippen molar-refractivity contribution in [1.82, 2.24) is 0 Å². The van der Waals surface area contributed by atoms with Gasteiger partial charge in [0, 0.05) is 0 Å². The molecule has 0 aromatic carbocycles. The molecule has 0 amide bonds. The van der Waals surface area contributed by atoms with E-state index in [4.69, 9.17) is 23.2 Å². The molecule has 0 heterocycles. The molecule has 71 valence electrons. The second-order valence-electron chi connectivity index (χ2n) is 3.14. The van der Waals surface area contributed by atoms with E-state index in [0.717, 1.165) is 0 Å². The zero-order valence-corrected chi connectivity index (χ0v) is 12.0. The molecule has 0 nitrogen and oxygen atoms in total. The van der Waals surface area contributed by atoms with E-state index in [1.807, 2.05) is 0 Å². The van der Waals surface area contributed by atoms with Gasteiger partial charge in [0.25, 0.3) is 0 Å². The number of hydrogen-bond acceptors (Lipinski definition) is 0. The number of hydrogen-bond donors (Lipinski definition) is 0. The van der Waals surface area contributed by atoms with Gasteiger partial charge in [0.05, 0.1) is 0 Å². The van der Waals surface area contributed by atoms with Gasteiger partial charge in [0.15, 0.2) is 0 Å². The first-order valence-corrected chi connectivity index (χ1v) is 7.19. The summed E-state index contributed by atoms with van der Waals surface area (Å²) in [6.45, 7) is 2.24. The Hall–Kier alpha value is 1.38. The Morgan fingerprint density at radius 3 is 2.17 bits per heavy atom. The molecule has 0 aromatic heterocycles. The average Bonchev–Trinajstić information content (AvgIpc) is 2.03. The van der Waals surface area contributed by atoms with Crippen LogP contribution in [-0.2, 0) is 0 Å². The van der Waals surface area contributed by atoms with E-state index in [9.17, 15) is 0 Å². The number of rotatable bonds is 7. The van der Waals surface area contributed by atoms with E-state index in [-0.39, 0.29) is 4.84 Å². The number of alkyl halides is 2. The van der Waals surface area contributed by atoms with Crippen molar-refractivity contribution in [3.63, 3.8) is 0 Å². The third-order valence-electron chi connectivity index (χ3n) is 1.92. The van der Waals surface area contributed by atoms with Gasteiger partial charge in [-0.05, 0) is 0 Å². The first-order chi connectivity index (χ1) is 5.68. The van der Waals surface area contributed by atoms with Crippen LogP contribution >= 0.6 is 23.2 Å². The van der Waals surface area contributed by atoms with Crippen molar-refractivity contribution in [3.8, 4) is 0 Å². The van der Waals surface area contributed by atoms with E-state index >= 15 is 0 Å². The summed E-state index contributed by atoms with van der Waals surface area (Å²) in [4.78, 5) is -0.144. The van der Waals surface area contributed by atoms with Crippen LogP contribution < -0.4 is 0 Å². The fraction of sp³-hybridized carbons (Fsp3) is 1.00. The van der Waals surface area contributed by atoms with Crippen LogP contribution in [0.5, 0.6) is 0 Å². The molecule has 0 aliphatic rings. The van der Waals surface area contributed by atoms with Crippen molar-refractivity contribution in [3.05, 3.63) is 0 Å². The van der Waals surface area contributed by atoms with Gasteiger partial charge in [-0.25, -0.2) is 0 Å². The zero-order chi connectivity index (χ0) is 9.40. The molecule has 3 radical (unpaired) electrons. The molecular formula is C9H17Cl2Sn. The molecule has 1 unspecified atom stereocenters. The first-order valence-electron chi connectivity index (χ1n) is 4.67. The molecule has 0 spiro atoms. The molecule has 1 atom stereocenters. The van der Waals surface area contributed by atoms with Crippen molar-refractivity contribution < 1.29 is 0 Å². The molecule has 0 saturated carbocycles. The monoisotopic (exact) mass is 315 g/mol. The molecule has 0 fully saturated rings. The quantitative estimate of drug-likeness (QED) is 0.377. The van der Waals surface area contributed by atoms with Crippen molar-refractivity contribution in [2.24, 2.45) is 0 Å². The maximum atomic E-state index is 5.76. The zero-order valence-electron chi connectivity index (χ0n) is 7.65. The first kappa shape index (κ1) is 13.4. The Balaban J connectivity index is 3.08. The Labute approximate surface area is 99.5 Å². The van der Waals surface area contributed by atoms with Crippen molar-refractivity contribution in [2.45, 2.75) is 54.2 Å². The fourth-order valence-corrected chi connectivity index (χ4v) is 1.93. The standard InChI is InChI=1S/C9H17Cl2.Sn/c1-2-3-4-5-6-7-8-9(10)11;/h8-9H,2-7H2,1H3;. The summed E-state index contributed by atoms with van der Waals surface area (Å²) in [5, 5.41) is 0. The average molecular weight is 315 g/mol. The second kappa shape index (κ2) is 8.95. The Kier molecular flexibility index (Phi) is 9.98. The third kappa shape index (κ3) is 8.00. The van der Waals surface area contributed by atoms with E-state index in [2.05, 4.69) is 6.92 Å². The van der Waals surface area contributed by atoms with Gasteiger partial charge in [-0.1, -0.05) is 0 Å². The Morgan fingerprint density at radius 2 is 1.67 bits per heavy atom.